The lowest BCUT2D eigenvalue weighted by atomic mass is 10.0. The van der Waals surface area contributed by atoms with Gasteiger partial charge in [0, 0.05) is 5.56 Å². The van der Waals surface area contributed by atoms with E-state index in [1.807, 2.05) is 24.3 Å². The number of hydrogen-bond donors (Lipinski definition) is 2. The second-order valence-electron chi connectivity index (χ2n) is 8.09. The van der Waals surface area contributed by atoms with Crippen molar-refractivity contribution in [1.29, 1.82) is 0 Å². The summed E-state index contributed by atoms with van der Waals surface area (Å²) in [4.78, 5) is 25.3. The molecule has 4 aromatic carbocycles. The Labute approximate surface area is 225 Å². The third-order valence-electron chi connectivity index (χ3n) is 5.61. The van der Waals surface area contributed by atoms with Gasteiger partial charge >= 0.3 is 5.97 Å². The van der Waals surface area contributed by atoms with Crippen molar-refractivity contribution in [3.8, 4) is 17.2 Å². The Bertz CT molecular complexity index is 1640. The van der Waals surface area contributed by atoms with Crippen molar-refractivity contribution < 1.29 is 32.2 Å². The number of sulfonamides is 1. The molecule has 0 aliphatic carbocycles. The number of nitrogens with zero attached hydrogens (tertiary/aromatic N) is 1. The first-order chi connectivity index (χ1) is 18.8. The van der Waals surface area contributed by atoms with Crippen molar-refractivity contribution in [1.82, 2.24) is 10.1 Å². The van der Waals surface area contributed by atoms with Crippen molar-refractivity contribution in [3.05, 3.63) is 96.1 Å². The fourth-order valence-electron chi connectivity index (χ4n) is 3.67. The maximum absolute atomic E-state index is 13.0. The van der Waals surface area contributed by atoms with E-state index in [1.165, 1.54) is 38.6 Å². The zero-order valence-electron chi connectivity index (χ0n) is 21.1. The maximum Gasteiger partial charge on any atom is 0.343 e. The molecule has 0 unspecified atom stereocenters. The minimum absolute atomic E-state index is 0.0398. The number of hydrazone groups is 1. The number of hydrogen-bond acceptors (Lipinski definition) is 8. The number of carbonyl (C=O) groups excluding carboxylic acids is 2. The van der Waals surface area contributed by atoms with Gasteiger partial charge in [-0.05, 0) is 47.2 Å². The molecule has 11 heteroatoms. The normalized spacial score (nSPS) is 11.3. The van der Waals surface area contributed by atoms with Gasteiger partial charge in [0.15, 0.2) is 11.5 Å². The predicted octanol–water partition coefficient (Wildman–Crippen LogP) is 3.50. The minimum atomic E-state index is -3.85. The molecule has 2 N–H and O–H groups in total. The van der Waals surface area contributed by atoms with Gasteiger partial charge in [-0.15, -0.1) is 0 Å². The summed E-state index contributed by atoms with van der Waals surface area (Å²) in [6.45, 7) is -0.523. The van der Waals surface area contributed by atoms with Crippen LogP contribution in [0.15, 0.2) is 94.9 Å². The van der Waals surface area contributed by atoms with Gasteiger partial charge in [0.2, 0.25) is 10.0 Å². The van der Waals surface area contributed by atoms with Crippen LogP contribution in [-0.4, -0.2) is 47.3 Å². The molecular formula is C28H25N3O7S. The minimum Gasteiger partial charge on any atom is -0.493 e. The first kappa shape index (κ1) is 27.3. The van der Waals surface area contributed by atoms with Gasteiger partial charge in [-0.25, -0.2) is 23.4 Å². The Morgan fingerprint density at radius 2 is 1.54 bits per heavy atom. The van der Waals surface area contributed by atoms with E-state index in [1.54, 1.807) is 42.5 Å². The first-order valence-electron chi connectivity index (χ1n) is 11.6. The van der Waals surface area contributed by atoms with Gasteiger partial charge in [-0.1, -0.05) is 48.5 Å². The van der Waals surface area contributed by atoms with Crippen LogP contribution < -0.4 is 24.4 Å². The summed E-state index contributed by atoms with van der Waals surface area (Å²) in [6.07, 6.45) is 1.34. The van der Waals surface area contributed by atoms with E-state index >= 15 is 0 Å². The molecule has 200 valence electrons. The summed E-state index contributed by atoms with van der Waals surface area (Å²) in [5.41, 5.74) is 2.97. The fraction of sp³-hybridized carbons (Fsp3) is 0.107. The molecule has 0 bridgehead atoms. The highest BCUT2D eigenvalue weighted by atomic mass is 32.2. The monoisotopic (exact) mass is 547 g/mol. The molecule has 0 fully saturated rings. The van der Waals surface area contributed by atoms with Gasteiger partial charge in [0.05, 0.1) is 37.4 Å². The molecule has 0 saturated carbocycles. The summed E-state index contributed by atoms with van der Waals surface area (Å²) in [5.74, 6) is -0.279. The van der Waals surface area contributed by atoms with Crippen LogP contribution in [-0.2, 0) is 14.8 Å². The number of rotatable bonds is 10. The van der Waals surface area contributed by atoms with Gasteiger partial charge in [-0.2, -0.15) is 5.10 Å². The summed E-state index contributed by atoms with van der Waals surface area (Å²) in [5, 5.41) is 5.54. The molecule has 0 saturated heterocycles. The fourth-order valence-corrected chi connectivity index (χ4v) is 4.67. The number of esters is 1. The molecule has 0 aromatic heterocycles. The number of methoxy groups -OCH3 is 2. The van der Waals surface area contributed by atoms with E-state index in [9.17, 15) is 18.0 Å². The molecule has 4 aromatic rings. The summed E-state index contributed by atoms with van der Waals surface area (Å²) in [6, 6.07) is 23.1. The van der Waals surface area contributed by atoms with Crippen LogP contribution in [0.25, 0.3) is 10.8 Å². The molecular weight excluding hydrogens is 522 g/mol. The van der Waals surface area contributed by atoms with Crippen LogP contribution >= 0.6 is 0 Å². The molecule has 0 radical (unpaired) electrons. The average molecular weight is 548 g/mol. The van der Waals surface area contributed by atoms with Crippen LogP contribution in [0, 0.1) is 0 Å². The Morgan fingerprint density at radius 3 is 2.28 bits per heavy atom. The lowest BCUT2D eigenvalue weighted by Gasteiger charge is -2.12. The van der Waals surface area contributed by atoms with E-state index in [2.05, 4.69) is 15.2 Å². The van der Waals surface area contributed by atoms with Crippen molar-refractivity contribution in [2.75, 3.05) is 20.8 Å². The maximum atomic E-state index is 13.0. The van der Waals surface area contributed by atoms with Crippen LogP contribution in [0.2, 0.25) is 0 Å². The van der Waals surface area contributed by atoms with E-state index in [0.29, 0.717) is 17.1 Å². The number of carbonyl (C=O) groups is 2. The SMILES string of the molecule is COc1ccc(C(=O)Oc2ccc3ccccc3c2/C=N\NC(=O)CNS(=O)(=O)c2ccccc2)cc1OC. The molecule has 4 rings (SSSR count). The van der Waals surface area contributed by atoms with Crippen molar-refractivity contribution in [3.63, 3.8) is 0 Å². The molecule has 0 aliphatic rings. The number of amides is 1. The van der Waals surface area contributed by atoms with Gasteiger partial charge in [0.1, 0.15) is 5.75 Å². The zero-order valence-corrected chi connectivity index (χ0v) is 21.9. The average Bonchev–Trinajstić information content (AvgIpc) is 2.97. The second-order valence-corrected chi connectivity index (χ2v) is 9.86. The Balaban J connectivity index is 1.52. The van der Waals surface area contributed by atoms with Gasteiger partial charge in [0.25, 0.3) is 5.91 Å². The third kappa shape index (κ3) is 6.58. The van der Waals surface area contributed by atoms with E-state index in [-0.39, 0.29) is 16.2 Å². The standard InChI is InChI=1S/C28H25N3O7S/c1-36-25-15-13-20(16-26(25)37-2)28(33)38-24-14-12-19-8-6-7-11-22(19)23(24)17-29-31-27(32)18-30-39(34,35)21-9-4-3-5-10-21/h3-17,30H,18H2,1-2H3,(H,31,32)/b29-17-. The van der Waals surface area contributed by atoms with Crippen LogP contribution in [0.4, 0.5) is 0 Å². The highest BCUT2D eigenvalue weighted by Crippen LogP contribution is 2.30. The molecule has 39 heavy (non-hydrogen) atoms. The summed E-state index contributed by atoms with van der Waals surface area (Å²) in [7, 11) is -0.897. The molecule has 10 nitrogen and oxygen atoms in total. The second kappa shape index (κ2) is 12.2. The highest BCUT2D eigenvalue weighted by Gasteiger charge is 2.17. The van der Waals surface area contributed by atoms with E-state index < -0.39 is 28.4 Å². The number of fused-ring (bicyclic) bond motifs is 1. The predicted molar refractivity (Wildman–Crippen MR) is 146 cm³/mol. The number of ether oxygens (including phenoxy) is 3. The number of benzene rings is 4. The molecule has 0 atom stereocenters. The van der Waals surface area contributed by atoms with Crippen molar-refractivity contribution in [2.45, 2.75) is 4.90 Å². The lowest BCUT2D eigenvalue weighted by molar-refractivity contribution is -0.119. The van der Waals surface area contributed by atoms with Crippen molar-refractivity contribution >= 4 is 38.9 Å². The van der Waals surface area contributed by atoms with Crippen LogP contribution in [0.3, 0.4) is 0 Å². The summed E-state index contributed by atoms with van der Waals surface area (Å²) >= 11 is 0. The molecule has 0 heterocycles. The Morgan fingerprint density at radius 1 is 0.846 bits per heavy atom. The molecule has 0 aliphatic heterocycles. The van der Waals surface area contributed by atoms with E-state index in [0.717, 1.165) is 10.8 Å². The first-order valence-corrected chi connectivity index (χ1v) is 13.1. The Hall–Kier alpha value is -4.74. The van der Waals surface area contributed by atoms with Gasteiger partial charge in [-0.3, -0.25) is 4.79 Å². The quantitative estimate of drug-likeness (QED) is 0.134. The topological polar surface area (TPSA) is 132 Å². The lowest BCUT2D eigenvalue weighted by Crippen LogP contribution is -2.34. The molecule has 1 amide bonds. The summed E-state index contributed by atoms with van der Waals surface area (Å²) < 4.78 is 43.0. The number of nitrogens with one attached hydrogen (secondary N) is 2. The van der Waals surface area contributed by atoms with E-state index in [4.69, 9.17) is 14.2 Å². The van der Waals surface area contributed by atoms with Crippen LogP contribution in [0.5, 0.6) is 17.2 Å². The van der Waals surface area contributed by atoms with Crippen LogP contribution in [0.1, 0.15) is 15.9 Å². The largest absolute Gasteiger partial charge is 0.493 e. The van der Waals surface area contributed by atoms with Gasteiger partial charge < -0.3 is 14.2 Å². The highest BCUT2D eigenvalue weighted by molar-refractivity contribution is 7.89. The third-order valence-corrected chi connectivity index (χ3v) is 7.03. The van der Waals surface area contributed by atoms with Crippen molar-refractivity contribution in [2.24, 2.45) is 5.10 Å². The zero-order chi connectivity index (χ0) is 27.8. The smallest absolute Gasteiger partial charge is 0.343 e. The molecule has 0 spiro atoms. The Kier molecular flexibility index (Phi) is 8.54.